The lowest BCUT2D eigenvalue weighted by atomic mass is 10.2. The van der Waals surface area contributed by atoms with Gasteiger partial charge in [0.15, 0.2) is 0 Å². The molecule has 0 spiro atoms. The van der Waals surface area contributed by atoms with Crippen LogP contribution in [-0.4, -0.2) is 36.1 Å². The van der Waals surface area contributed by atoms with Gasteiger partial charge in [-0.25, -0.2) is 9.97 Å². The SMILES string of the molecule is COCCNC(=O)c1cccc(Oc2ncccn2)c1. The largest absolute Gasteiger partial charge is 0.424 e. The van der Waals surface area contributed by atoms with Crippen LogP contribution in [0, 0.1) is 0 Å². The number of nitrogens with one attached hydrogen (secondary N) is 1. The number of aromatic nitrogens is 2. The summed E-state index contributed by atoms with van der Waals surface area (Å²) in [5.74, 6) is 0.331. The van der Waals surface area contributed by atoms with Gasteiger partial charge in [0.1, 0.15) is 5.75 Å². The zero-order chi connectivity index (χ0) is 14.2. The van der Waals surface area contributed by atoms with Crippen molar-refractivity contribution in [1.29, 1.82) is 0 Å². The quantitative estimate of drug-likeness (QED) is 0.810. The minimum atomic E-state index is -0.179. The van der Waals surface area contributed by atoms with Crippen LogP contribution in [0.3, 0.4) is 0 Å². The summed E-state index contributed by atoms with van der Waals surface area (Å²) >= 11 is 0. The molecule has 0 fully saturated rings. The standard InChI is InChI=1S/C14H15N3O3/c1-19-9-8-15-13(18)11-4-2-5-12(10-11)20-14-16-6-3-7-17-14/h2-7,10H,8-9H2,1H3,(H,15,18). The highest BCUT2D eigenvalue weighted by Gasteiger charge is 2.07. The van der Waals surface area contributed by atoms with E-state index in [9.17, 15) is 4.79 Å². The van der Waals surface area contributed by atoms with Crippen molar-refractivity contribution < 1.29 is 14.3 Å². The normalized spacial score (nSPS) is 10.1. The van der Waals surface area contributed by atoms with Gasteiger partial charge in [-0.2, -0.15) is 0 Å². The molecule has 0 unspecified atom stereocenters. The van der Waals surface area contributed by atoms with Crippen LogP contribution in [0.2, 0.25) is 0 Å². The summed E-state index contributed by atoms with van der Waals surface area (Å²) in [5, 5.41) is 2.74. The number of methoxy groups -OCH3 is 1. The third-order valence-electron chi connectivity index (χ3n) is 2.44. The number of nitrogens with zero attached hydrogens (tertiary/aromatic N) is 2. The fourth-order valence-corrected chi connectivity index (χ4v) is 1.51. The summed E-state index contributed by atoms with van der Waals surface area (Å²) in [5.41, 5.74) is 0.509. The number of carbonyl (C=O) groups is 1. The average molecular weight is 273 g/mol. The van der Waals surface area contributed by atoms with Crippen LogP contribution < -0.4 is 10.1 Å². The first-order chi connectivity index (χ1) is 9.79. The fraction of sp³-hybridized carbons (Fsp3) is 0.214. The molecule has 1 aromatic heterocycles. The predicted molar refractivity (Wildman–Crippen MR) is 72.8 cm³/mol. The molecule has 6 heteroatoms. The first-order valence-electron chi connectivity index (χ1n) is 6.11. The maximum Gasteiger partial charge on any atom is 0.321 e. The zero-order valence-corrected chi connectivity index (χ0v) is 11.1. The molecule has 1 aromatic carbocycles. The Hall–Kier alpha value is -2.47. The molecule has 0 atom stereocenters. The summed E-state index contributed by atoms with van der Waals surface area (Å²) in [4.78, 5) is 19.8. The molecule has 104 valence electrons. The number of benzene rings is 1. The molecule has 1 heterocycles. The Bertz CT molecular complexity index is 561. The van der Waals surface area contributed by atoms with Crippen LogP contribution in [0.5, 0.6) is 11.8 Å². The molecular formula is C14H15N3O3. The van der Waals surface area contributed by atoms with Crippen LogP contribution in [0.25, 0.3) is 0 Å². The second kappa shape index (κ2) is 7.20. The van der Waals surface area contributed by atoms with Crippen molar-refractivity contribution >= 4 is 5.91 Å². The van der Waals surface area contributed by atoms with E-state index in [-0.39, 0.29) is 11.9 Å². The summed E-state index contributed by atoms with van der Waals surface area (Å²) in [7, 11) is 1.58. The summed E-state index contributed by atoms with van der Waals surface area (Å²) in [6, 6.07) is 8.77. The third-order valence-corrected chi connectivity index (χ3v) is 2.44. The minimum absolute atomic E-state index is 0.179. The Morgan fingerprint density at radius 1 is 1.25 bits per heavy atom. The third kappa shape index (κ3) is 4.03. The van der Waals surface area contributed by atoms with Gasteiger partial charge in [0, 0.05) is 31.6 Å². The fourth-order valence-electron chi connectivity index (χ4n) is 1.51. The van der Waals surface area contributed by atoms with Crippen molar-refractivity contribution in [3.05, 3.63) is 48.3 Å². The minimum Gasteiger partial charge on any atom is -0.424 e. The van der Waals surface area contributed by atoms with Gasteiger partial charge in [-0.15, -0.1) is 0 Å². The molecule has 0 aliphatic carbocycles. The number of hydrogen-bond acceptors (Lipinski definition) is 5. The number of hydrogen-bond donors (Lipinski definition) is 1. The Morgan fingerprint density at radius 2 is 2.05 bits per heavy atom. The van der Waals surface area contributed by atoms with Crippen LogP contribution in [0.1, 0.15) is 10.4 Å². The van der Waals surface area contributed by atoms with Crippen LogP contribution in [0.15, 0.2) is 42.7 Å². The lowest BCUT2D eigenvalue weighted by molar-refractivity contribution is 0.0937. The predicted octanol–water partition coefficient (Wildman–Crippen LogP) is 1.65. The molecule has 0 aliphatic heterocycles. The number of carbonyl (C=O) groups excluding carboxylic acids is 1. The highest BCUT2D eigenvalue weighted by molar-refractivity contribution is 5.94. The molecular weight excluding hydrogens is 258 g/mol. The molecule has 1 N–H and O–H groups in total. The van der Waals surface area contributed by atoms with E-state index in [0.29, 0.717) is 24.5 Å². The average Bonchev–Trinajstić information content (AvgIpc) is 2.49. The topological polar surface area (TPSA) is 73.3 Å². The van der Waals surface area contributed by atoms with E-state index in [0.717, 1.165) is 0 Å². The monoisotopic (exact) mass is 273 g/mol. The lowest BCUT2D eigenvalue weighted by Crippen LogP contribution is -2.26. The van der Waals surface area contributed by atoms with Crippen molar-refractivity contribution in [2.45, 2.75) is 0 Å². The lowest BCUT2D eigenvalue weighted by Gasteiger charge is -2.07. The molecule has 2 rings (SSSR count). The number of rotatable bonds is 6. The van der Waals surface area contributed by atoms with Crippen molar-refractivity contribution in [3.8, 4) is 11.8 Å². The van der Waals surface area contributed by atoms with Crippen molar-refractivity contribution in [2.75, 3.05) is 20.3 Å². The highest BCUT2D eigenvalue weighted by atomic mass is 16.5. The van der Waals surface area contributed by atoms with Crippen LogP contribution >= 0.6 is 0 Å². The van der Waals surface area contributed by atoms with Gasteiger partial charge in [-0.05, 0) is 24.3 Å². The maximum atomic E-state index is 11.9. The van der Waals surface area contributed by atoms with Crippen molar-refractivity contribution in [2.24, 2.45) is 0 Å². The van der Waals surface area contributed by atoms with Gasteiger partial charge in [0.05, 0.1) is 6.61 Å². The smallest absolute Gasteiger partial charge is 0.321 e. The van der Waals surface area contributed by atoms with Crippen LogP contribution in [0.4, 0.5) is 0 Å². The van der Waals surface area contributed by atoms with Gasteiger partial charge in [0.2, 0.25) is 0 Å². The van der Waals surface area contributed by atoms with E-state index in [2.05, 4.69) is 15.3 Å². The summed E-state index contributed by atoms with van der Waals surface area (Å²) < 4.78 is 10.3. The Balaban J connectivity index is 2.02. The molecule has 0 saturated carbocycles. The Kier molecular flexibility index (Phi) is 5.02. The van der Waals surface area contributed by atoms with E-state index in [1.807, 2.05) is 0 Å². The Morgan fingerprint density at radius 3 is 2.80 bits per heavy atom. The van der Waals surface area contributed by atoms with E-state index < -0.39 is 0 Å². The maximum absolute atomic E-state index is 11.9. The first kappa shape index (κ1) is 14.0. The Labute approximate surface area is 116 Å². The molecule has 0 saturated heterocycles. The molecule has 1 amide bonds. The van der Waals surface area contributed by atoms with E-state index >= 15 is 0 Å². The summed E-state index contributed by atoms with van der Waals surface area (Å²) in [6.45, 7) is 0.933. The van der Waals surface area contributed by atoms with Crippen molar-refractivity contribution in [3.63, 3.8) is 0 Å². The van der Waals surface area contributed by atoms with Gasteiger partial charge >= 0.3 is 6.01 Å². The van der Waals surface area contributed by atoms with Crippen LogP contribution in [-0.2, 0) is 4.74 Å². The molecule has 20 heavy (non-hydrogen) atoms. The first-order valence-corrected chi connectivity index (χ1v) is 6.11. The number of ether oxygens (including phenoxy) is 2. The molecule has 2 aromatic rings. The van der Waals surface area contributed by atoms with Gasteiger partial charge < -0.3 is 14.8 Å². The zero-order valence-electron chi connectivity index (χ0n) is 11.1. The van der Waals surface area contributed by atoms with Crippen molar-refractivity contribution in [1.82, 2.24) is 15.3 Å². The van der Waals surface area contributed by atoms with E-state index in [1.165, 1.54) is 0 Å². The van der Waals surface area contributed by atoms with Gasteiger partial charge in [0.25, 0.3) is 5.91 Å². The molecule has 6 nitrogen and oxygen atoms in total. The molecule has 0 bridgehead atoms. The molecule has 0 radical (unpaired) electrons. The highest BCUT2D eigenvalue weighted by Crippen LogP contribution is 2.18. The number of amides is 1. The van der Waals surface area contributed by atoms with E-state index in [4.69, 9.17) is 9.47 Å². The van der Waals surface area contributed by atoms with Gasteiger partial charge in [-0.3, -0.25) is 4.79 Å². The van der Waals surface area contributed by atoms with Gasteiger partial charge in [-0.1, -0.05) is 6.07 Å². The second-order valence-electron chi connectivity index (χ2n) is 3.91. The molecule has 0 aliphatic rings. The van der Waals surface area contributed by atoms with E-state index in [1.54, 1.807) is 49.8 Å². The summed E-state index contributed by atoms with van der Waals surface area (Å²) in [6.07, 6.45) is 3.17. The second-order valence-corrected chi connectivity index (χ2v) is 3.91.